The highest BCUT2D eigenvalue weighted by Gasteiger charge is 2.07. The monoisotopic (exact) mass is 257 g/mol. The van der Waals surface area contributed by atoms with Crippen LogP contribution in [-0.4, -0.2) is 21.2 Å². The van der Waals surface area contributed by atoms with Gasteiger partial charge in [0.15, 0.2) is 0 Å². The van der Waals surface area contributed by atoms with E-state index in [4.69, 9.17) is 9.90 Å². The third kappa shape index (κ3) is 2.52. The quantitative estimate of drug-likeness (QED) is 0.577. The maximum atomic E-state index is 9.62. The number of aromatic amines is 1. The smallest absolute Gasteiger partial charge is 0.300 e. The van der Waals surface area contributed by atoms with Crippen LogP contribution in [0, 0.1) is 6.92 Å². The number of carboxylic acids is 1. The number of para-hydroxylation sites is 1. The van der Waals surface area contributed by atoms with Crippen LogP contribution in [0.3, 0.4) is 0 Å². The van der Waals surface area contributed by atoms with Crippen molar-refractivity contribution in [2.75, 3.05) is 0 Å². The van der Waals surface area contributed by atoms with Crippen LogP contribution in [0.4, 0.5) is 0 Å². The van der Waals surface area contributed by atoms with Crippen LogP contribution in [0.25, 0.3) is 21.8 Å². The van der Waals surface area contributed by atoms with Gasteiger partial charge in [-0.2, -0.15) is 0 Å². The van der Waals surface area contributed by atoms with Gasteiger partial charge in [0.1, 0.15) is 5.75 Å². The Kier molecular flexibility index (Phi) is 3.42. The number of rotatable bonds is 0. The van der Waals surface area contributed by atoms with Gasteiger partial charge in [-0.3, -0.25) is 4.79 Å². The van der Waals surface area contributed by atoms with E-state index in [1.807, 2.05) is 31.2 Å². The fourth-order valence-corrected chi connectivity index (χ4v) is 2.05. The van der Waals surface area contributed by atoms with E-state index in [0.29, 0.717) is 5.75 Å². The van der Waals surface area contributed by atoms with E-state index in [-0.39, 0.29) is 0 Å². The average Bonchev–Trinajstić information content (AvgIpc) is 2.73. The molecule has 4 heteroatoms. The van der Waals surface area contributed by atoms with E-state index in [9.17, 15) is 5.11 Å². The molecule has 0 amide bonds. The van der Waals surface area contributed by atoms with Gasteiger partial charge in [0.25, 0.3) is 5.97 Å². The lowest BCUT2D eigenvalue weighted by atomic mass is 10.1. The predicted octanol–water partition coefficient (Wildman–Crippen LogP) is 3.43. The highest BCUT2D eigenvalue weighted by Crippen LogP contribution is 2.31. The molecule has 0 spiro atoms. The Bertz CT molecular complexity index is 740. The molecule has 0 saturated carbocycles. The van der Waals surface area contributed by atoms with Gasteiger partial charge in [-0.05, 0) is 25.1 Å². The first-order valence-electron chi connectivity index (χ1n) is 5.89. The van der Waals surface area contributed by atoms with Gasteiger partial charge < -0.3 is 15.2 Å². The minimum atomic E-state index is -0.833. The predicted molar refractivity (Wildman–Crippen MR) is 75.5 cm³/mol. The number of hydrogen-bond donors (Lipinski definition) is 3. The lowest BCUT2D eigenvalue weighted by molar-refractivity contribution is -0.134. The summed E-state index contributed by atoms with van der Waals surface area (Å²) in [6.45, 7) is 3.01. The van der Waals surface area contributed by atoms with Gasteiger partial charge >= 0.3 is 0 Å². The number of aromatic hydroxyl groups is 1. The number of benzene rings is 2. The Labute approximate surface area is 110 Å². The number of phenols is 1. The number of aliphatic carboxylic acids is 1. The normalized spacial score (nSPS) is 10.2. The largest absolute Gasteiger partial charge is 0.508 e. The van der Waals surface area contributed by atoms with E-state index in [0.717, 1.165) is 23.5 Å². The van der Waals surface area contributed by atoms with Crippen molar-refractivity contribution in [2.24, 2.45) is 0 Å². The SMILES string of the molecule is CC(=O)O.Cc1c(O)ccc2c1[nH]c1ccccc12. The Morgan fingerprint density at radius 3 is 2.42 bits per heavy atom. The summed E-state index contributed by atoms with van der Waals surface area (Å²) in [6.07, 6.45) is 0. The molecule has 0 atom stereocenters. The zero-order valence-electron chi connectivity index (χ0n) is 10.8. The van der Waals surface area contributed by atoms with E-state index in [2.05, 4.69) is 11.1 Å². The van der Waals surface area contributed by atoms with Crippen molar-refractivity contribution in [1.29, 1.82) is 0 Å². The van der Waals surface area contributed by atoms with Crippen molar-refractivity contribution in [3.8, 4) is 5.75 Å². The molecule has 0 saturated heterocycles. The number of carbonyl (C=O) groups is 1. The second-order valence-electron chi connectivity index (χ2n) is 4.32. The third-order valence-corrected chi connectivity index (χ3v) is 2.91. The summed E-state index contributed by atoms with van der Waals surface area (Å²) in [4.78, 5) is 12.3. The highest BCUT2D eigenvalue weighted by atomic mass is 16.4. The molecule has 1 aromatic heterocycles. The average molecular weight is 257 g/mol. The molecule has 2 aromatic carbocycles. The van der Waals surface area contributed by atoms with Crippen molar-refractivity contribution < 1.29 is 15.0 Å². The van der Waals surface area contributed by atoms with Crippen LogP contribution < -0.4 is 0 Å². The Morgan fingerprint density at radius 2 is 1.74 bits per heavy atom. The molecule has 0 fully saturated rings. The second-order valence-corrected chi connectivity index (χ2v) is 4.32. The first-order valence-corrected chi connectivity index (χ1v) is 5.89. The van der Waals surface area contributed by atoms with Gasteiger partial charge in [-0.15, -0.1) is 0 Å². The summed E-state index contributed by atoms with van der Waals surface area (Å²) >= 11 is 0. The van der Waals surface area contributed by atoms with Crippen LogP contribution in [-0.2, 0) is 4.79 Å². The number of aryl methyl sites for hydroxylation is 1. The van der Waals surface area contributed by atoms with Gasteiger partial charge in [-0.25, -0.2) is 0 Å². The molecule has 0 aliphatic heterocycles. The van der Waals surface area contributed by atoms with Crippen molar-refractivity contribution in [3.05, 3.63) is 42.0 Å². The third-order valence-electron chi connectivity index (χ3n) is 2.91. The summed E-state index contributed by atoms with van der Waals surface area (Å²) in [5, 5.41) is 19.4. The van der Waals surface area contributed by atoms with Gasteiger partial charge in [0.05, 0.1) is 5.52 Å². The summed E-state index contributed by atoms with van der Waals surface area (Å²) < 4.78 is 0. The van der Waals surface area contributed by atoms with Crippen LogP contribution in [0.15, 0.2) is 36.4 Å². The molecule has 0 unspecified atom stereocenters. The minimum Gasteiger partial charge on any atom is -0.508 e. The van der Waals surface area contributed by atoms with Crippen molar-refractivity contribution in [3.63, 3.8) is 0 Å². The van der Waals surface area contributed by atoms with E-state index >= 15 is 0 Å². The number of hydrogen-bond acceptors (Lipinski definition) is 2. The molecule has 3 rings (SSSR count). The lowest BCUT2D eigenvalue weighted by Crippen LogP contribution is -1.78. The van der Waals surface area contributed by atoms with Crippen molar-refractivity contribution in [1.82, 2.24) is 4.98 Å². The van der Waals surface area contributed by atoms with Crippen LogP contribution in [0.5, 0.6) is 5.75 Å². The van der Waals surface area contributed by atoms with Crippen molar-refractivity contribution in [2.45, 2.75) is 13.8 Å². The summed E-state index contributed by atoms with van der Waals surface area (Å²) in [6, 6.07) is 11.9. The molecule has 3 aromatic rings. The molecule has 1 heterocycles. The van der Waals surface area contributed by atoms with Gasteiger partial charge in [-0.1, -0.05) is 18.2 Å². The maximum Gasteiger partial charge on any atom is 0.300 e. The summed E-state index contributed by atoms with van der Waals surface area (Å²) in [5.41, 5.74) is 3.04. The van der Waals surface area contributed by atoms with Crippen LogP contribution in [0.1, 0.15) is 12.5 Å². The molecule has 0 bridgehead atoms. The van der Waals surface area contributed by atoms with E-state index in [1.165, 1.54) is 10.8 Å². The Morgan fingerprint density at radius 1 is 1.11 bits per heavy atom. The van der Waals surface area contributed by atoms with E-state index < -0.39 is 5.97 Å². The Balaban J connectivity index is 0.000000297. The second kappa shape index (κ2) is 5.02. The summed E-state index contributed by atoms with van der Waals surface area (Å²) in [7, 11) is 0. The van der Waals surface area contributed by atoms with E-state index in [1.54, 1.807) is 6.07 Å². The number of aromatic nitrogens is 1. The minimum absolute atomic E-state index is 0.342. The fourth-order valence-electron chi connectivity index (χ4n) is 2.05. The molecular weight excluding hydrogens is 242 g/mol. The molecular formula is C15H15NO3. The first kappa shape index (κ1) is 13.0. The lowest BCUT2D eigenvalue weighted by Gasteiger charge is -1.98. The van der Waals surface area contributed by atoms with Crippen molar-refractivity contribution >= 4 is 27.8 Å². The number of fused-ring (bicyclic) bond motifs is 3. The molecule has 19 heavy (non-hydrogen) atoms. The van der Waals surface area contributed by atoms with Crippen LogP contribution >= 0.6 is 0 Å². The molecule has 0 radical (unpaired) electrons. The zero-order valence-corrected chi connectivity index (χ0v) is 10.8. The summed E-state index contributed by atoms with van der Waals surface area (Å²) in [5.74, 6) is -0.492. The molecule has 0 aliphatic carbocycles. The topological polar surface area (TPSA) is 73.3 Å². The molecule has 0 aliphatic rings. The number of H-pyrrole nitrogens is 1. The number of carboxylic acid groups (broad SMARTS) is 1. The Hall–Kier alpha value is -2.49. The number of nitrogens with one attached hydrogen (secondary N) is 1. The standard InChI is InChI=1S/C13H11NO.C2H4O2/c1-8-12(15)7-6-10-9-4-2-3-5-11(9)14-13(8)10;1-2(3)4/h2-7,14-15H,1H3;1H3,(H,3,4). The van der Waals surface area contributed by atoms with Gasteiger partial charge in [0, 0.05) is 28.8 Å². The number of phenolic OH excluding ortho intramolecular Hbond substituents is 1. The highest BCUT2D eigenvalue weighted by molar-refractivity contribution is 6.08. The van der Waals surface area contributed by atoms with Gasteiger partial charge in [0.2, 0.25) is 0 Å². The maximum absolute atomic E-state index is 9.62. The molecule has 4 nitrogen and oxygen atoms in total. The molecule has 3 N–H and O–H groups in total. The fraction of sp³-hybridized carbons (Fsp3) is 0.133. The zero-order chi connectivity index (χ0) is 14.0. The molecule has 98 valence electrons. The van der Waals surface area contributed by atoms with Crippen LogP contribution in [0.2, 0.25) is 0 Å². The first-order chi connectivity index (χ1) is 9.00.